The lowest BCUT2D eigenvalue weighted by Gasteiger charge is -2.18. The van der Waals surface area contributed by atoms with Crippen molar-refractivity contribution in [1.29, 1.82) is 0 Å². The summed E-state index contributed by atoms with van der Waals surface area (Å²) in [5.41, 5.74) is 3.09. The first-order valence-corrected chi connectivity index (χ1v) is 6.56. The lowest BCUT2D eigenvalue weighted by Crippen LogP contribution is -2.18. The number of aromatic nitrogens is 1. The Bertz CT molecular complexity index is 717. The van der Waals surface area contributed by atoms with Gasteiger partial charge in [0.1, 0.15) is 5.82 Å². The van der Waals surface area contributed by atoms with Crippen LogP contribution in [0.4, 0.5) is 4.39 Å². The van der Waals surface area contributed by atoms with E-state index in [4.69, 9.17) is 0 Å². The Labute approximate surface area is 117 Å². The zero-order valence-electron chi connectivity index (χ0n) is 11.2. The third kappa shape index (κ3) is 2.28. The highest BCUT2D eigenvalue weighted by molar-refractivity contribution is 5.82. The predicted molar refractivity (Wildman–Crippen MR) is 79.0 cm³/mol. The number of nitrogens with one attached hydrogen (secondary N) is 1. The molecular weight excluding hydrogens is 251 g/mol. The van der Waals surface area contributed by atoms with Gasteiger partial charge in [0, 0.05) is 11.6 Å². The van der Waals surface area contributed by atoms with Gasteiger partial charge >= 0.3 is 0 Å². The molecule has 1 unspecified atom stereocenters. The van der Waals surface area contributed by atoms with Gasteiger partial charge in [-0.25, -0.2) is 4.39 Å². The van der Waals surface area contributed by atoms with Gasteiger partial charge in [0.2, 0.25) is 0 Å². The van der Waals surface area contributed by atoms with E-state index in [1.807, 2.05) is 31.3 Å². The summed E-state index contributed by atoms with van der Waals surface area (Å²) in [6.45, 7) is 0. The molecule has 3 aromatic rings. The lowest BCUT2D eigenvalue weighted by atomic mass is 9.96. The van der Waals surface area contributed by atoms with Gasteiger partial charge in [0.05, 0.1) is 11.6 Å². The largest absolute Gasteiger partial charge is 0.309 e. The Morgan fingerprint density at radius 1 is 1.00 bits per heavy atom. The number of para-hydroxylation sites is 1. The lowest BCUT2D eigenvalue weighted by molar-refractivity contribution is 0.623. The highest BCUT2D eigenvalue weighted by Gasteiger charge is 2.15. The first-order valence-electron chi connectivity index (χ1n) is 6.56. The quantitative estimate of drug-likeness (QED) is 0.782. The summed E-state index contributed by atoms with van der Waals surface area (Å²) in [5, 5.41) is 4.39. The molecule has 0 bridgehead atoms. The van der Waals surface area contributed by atoms with Crippen LogP contribution in [0.2, 0.25) is 0 Å². The Morgan fingerprint density at radius 3 is 2.50 bits per heavy atom. The van der Waals surface area contributed by atoms with Crippen LogP contribution in [0.1, 0.15) is 17.2 Å². The van der Waals surface area contributed by atoms with Crippen molar-refractivity contribution in [2.45, 2.75) is 6.04 Å². The molecule has 0 radical (unpaired) electrons. The van der Waals surface area contributed by atoms with Crippen molar-refractivity contribution in [3.63, 3.8) is 0 Å². The molecule has 2 aromatic carbocycles. The van der Waals surface area contributed by atoms with E-state index >= 15 is 0 Å². The summed E-state index contributed by atoms with van der Waals surface area (Å²) in [4.78, 5) is 4.48. The first kappa shape index (κ1) is 12.8. The fourth-order valence-corrected chi connectivity index (χ4v) is 2.52. The van der Waals surface area contributed by atoms with Crippen molar-refractivity contribution in [3.05, 3.63) is 77.7 Å². The highest BCUT2D eigenvalue weighted by Crippen LogP contribution is 2.27. The average molecular weight is 266 g/mol. The number of hydrogen-bond donors (Lipinski definition) is 1. The summed E-state index contributed by atoms with van der Waals surface area (Å²) < 4.78 is 13.1. The molecule has 20 heavy (non-hydrogen) atoms. The maximum absolute atomic E-state index is 13.1. The monoisotopic (exact) mass is 266 g/mol. The number of halogens is 1. The van der Waals surface area contributed by atoms with Crippen LogP contribution in [0.5, 0.6) is 0 Å². The van der Waals surface area contributed by atoms with E-state index in [0.29, 0.717) is 0 Å². The number of nitrogens with zero attached hydrogens (tertiary/aromatic N) is 1. The molecule has 2 nitrogen and oxygen atoms in total. The van der Waals surface area contributed by atoms with Gasteiger partial charge < -0.3 is 5.32 Å². The number of hydrogen-bond acceptors (Lipinski definition) is 2. The van der Waals surface area contributed by atoms with Gasteiger partial charge in [-0.15, -0.1) is 0 Å². The summed E-state index contributed by atoms with van der Waals surface area (Å²) in [5.74, 6) is -0.223. The minimum atomic E-state index is -0.223. The van der Waals surface area contributed by atoms with E-state index in [0.717, 1.165) is 22.0 Å². The third-order valence-electron chi connectivity index (χ3n) is 3.47. The van der Waals surface area contributed by atoms with Crippen LogP contribution >= 0.6 is 0 Å². The summed E-state index contributed by atoms with van der Waals surface area (Å²) in [7, 11) is 1.90. The van der Waals surface area contributed by atoms with Gasteiger partial charge in [0.15, 0.2) is 0 Å². The van der Waals surface area contributed by atoms with Gasteiger partial charge in [-0.05, 0) is 36.4 Å². The maximum Gasteiger partial charge on any atom is 0.123 e. The minimum absolute atomic E-state index is 0.00537. The van der Waals surface area contributed by atoms with Crippen LogP contribution in [-0.2, 0) is 0 Å². The standard InChI is InChI=1S/C17H15FN2/c1-19-16(13-7-9-14(18)10-8-13)15-6-2-4-12-5-3-11-20-17(12)15/h2-11,16,19H,1H3. The second kappa shape index (κ2) is 5.39. The Kier molecular flexibility index (Phi) is 3.44. The van der Waals surface area contributed by atoms with E-state index in [9.17, 15) is 4.39 Å². The SMILES string of the molecule is CNC(c1ccc(F)cc1)c1cccc2cccnc12. The molecule has 3 rings (SSSR count). The molecule has 3 heteroatoms. The topological polar surface area (TPSA) is 24.9 Å². The van der Waals surface area contributed by atoms with Crippen molar-refractivity contribution in [3.8, 4) is 0 Å². The molecule has 0 aliphatic carbocycles. The minimum Gasteiger partial charge on any atom is -0.309 e. The van der Waals surface area contributed by atoms with Crippen LogP contribution < -0.4 is 5.32 Å². The molecular formula is C17H15FN2. The predicted octanol–water partition coefficient (Wildman–Crippen LogP) is 3.68. The van der Waals surface area contributed by atoms with Crippen molar-refractivity contribution in [2.75, 3.05) is 7.05 Å². The molecule has 0 fully saturated rings. The molecule has 0 amide bonds. The van der Waals surface area contributed by atoms with Crippen molar-refractivity contribution in [1.82, 2.24) is 10.3 Å². The van der Waals surface area contributed by atoms with Gasteiger partial charge in [-0.1, -0.05) is 36.4 Å². The molecule has 0 saturated carbocycles. The van der Waals surface area contributed by atoms with Crippen LogP contribution in [0.15, 0.2) is 60.8 Å². The fraction of sp³-hybridized carbons (Fsp3) is 0.118. The van der Waals surface area contributed by atoms with E-state index in [1.165, 1.54) is 12.1 Å². The van der Waals surface area contributed by atoms with Crippen LogP contribution in [0, 0.1) is 5.82 Å². The molecule has 1 aromatic heterocycles. The average Bonchev–Trinajstić information content (AvgIpc) is 2.50. The Hall–Kier alpha value is -2.26. The molecule has 0 aliphatic heterocycles. The van der Waals surface area contributed by atoms with E-state index in [2.05, 4.69) is 16.4 Å². The smallest absolute Gasteiger partial charge is 0.123 e. The van der Waals surface area contributed by atoms with Crippen molar-refractivity contribution < 1.29 is 4.39 Å². The number of fused-ring (bicyclic) bond motifs is 1. The van der Waals surface area contributed by atoms with Gasteiger partial charge in [-0.3, -0.25) is 4.98 Å². The second-order valence-electron chi connectivity index (χ2n) is 4.70. The molecule has 0 spiro atoms. The molecule has 0 saturated heterocycles. The van der Waals surface area contributed by atoms with E-state index in [-0.39, 0.29) is 11.9 Å². The van der Waals surface area contributed by atoms with Crippen LogP contribution in [0.3, 0.4) is 0 Å². The van der Waals surface area contributed by atoms with Crippen LogP contribution in [0.25, 0.3) is 10.9 Å². The Balaban J connectivity index is 2.14. The normalized spacial score (nSPS) is 12.5. The molecule has 1 N–H and O–H groups in total. The van der Waals surface area contributed by atoms with E-state index in [1.54, 1.807) is 18.3 Å². The first-order chi connectivity index (χ1) is 9.79. The number of pyridine rings is 1. The van der Waals surface area contributed by atoms with Gasteiger partial charge in [0.25, 0.3) is 0 Å². The zero-order valence-corrected chi connectivity index (χ0v) is 11.2. The number of benzene rings is 2. The Morgan fingerprint density at radius 2 is 1.75 bits per heavy atom. The summed E-state index contributed by atoms with van der Waals surface area (Å²) in [6.07, 6.45) is 1.79. The highest BCUT2D eigenvalue weighted by atomic mass is 19.1. The van der Waals surface area contributed by atoms with Gasteiger partial charge in [-0.2, -0.15) is 0 Å². The van der Waals surface area contributed by atoms with Crippen molar-refractivity contribution in [2.24, 2.45) is 0 Å². The maximum atomic E-state index is 13.1. The van der Waals surface area contributed by atoms with E-state index < -0.39 is 0 Å². The van der Waals surface area contributed by atoms with Crippen molar-refractivity contribution >= 4 is 10.9 Å². The third-order valence-corrected chi connectivity index (χ3v) is 3.47. The molecule has 1 heterocycles. The summed E-state index contributed by atoms with van der Waals surface area (Å²) >= 11 is 0. The molecule has 1 atom stereocenters. The van der Waals surface area contributed by atoms with Crippen LogP contribution in [-0.4, -0.2) is 12.0 Å². The number of rotatable bonds is 3. The fourth-order valence-electron chi connectivity index (χ4n) is 2.52. The summed E-state index contributed by atoms with van der Waals surface area (Å²) in [6, 6.07) is 16.7. The molecule has 100 valence electrons. The second-order valence-corrected chi connectivity index (χ2v) is 4.70. The molecule has 0 aliphatic rings. The zero-order chi connectivity index (χ0) is 13.9.